The van der Waals surface area contributed by atoms with Crippen LogP contribution < -0.4 is 5.73 Å². The fourth-order valence-corrected chi connectivity index (χ4v) is 2.28. The van der Waals surface area contributed by atoms with Crippen molar-refractivity contribution in [3.05, 3.63) is 34.9 Å². The van der Waals surface area contributed by atoms with Crippen LogP contribution in [0.4, 0.5) is 0 Å². The van der Waals surface area contributed by atoms with Gasteiger partial charge in [-0.2, -0.15) is 0 Å². The SMILES string of the molecule is CCCC(O)(CN)Cc1cc(C)cc(C)c1. The van der Waals surface area contributed by atoms with Gasteiger partial charge in [0.2, 0.25) is 0 Å². The predicted molar refractivity (Wildman–Crippen MR) is 68.5 cm³/mol. The molecule has 0 saturated carbocycles. The molecule has 1 aromatic rings. The first-order valence-electron chi connectivity index (χ1n) is 5.99. The molecule has 2 nitrogen and oxygen atoms in total. The lowest BCUT2D eigenvalue weighted by atomic mass is 9.89. The minimum atomic E-state index is -0.741. The topological polar surface area (TPSA) is 46.2 Å². The van der Waals surface area contributed by atoms with Crippen LogP contribution in [0.25, 0.3) is 0 Å². The van der Waals surface area contributed by atoms with Gasteiger partial charge in [-0.3, -0.25) is 0 Å². The van der Waals surface area contributed by atoms with E-state index in [-0.39, 0.29) is 0 Å². The Morgan fingerprint density at radius 1 is 1.19 bits per heavy atom. The van der Waals surface area contributed by atoms with Gasteiger partial charge in [-0.1, -0.05) is 42.7 Å². The highest BCUT2D eigenvalue weighted by Crippen LogP contribution is 2.20. The normalized spacial score (nSPS) is 14.8. The maximum atomic E-state index is 10.3. The first kappa shape index (κ1) is 13.2. The van der Waals surface area contributed by atoms with E-state index < -0.39 is 5.60 Å². The van der Waals surface area contributed by atoms with Crippen LogP contribution in [0, 0.1) is 13.8 Å². The second kappa shape index (κ2) is 5.46. The zero-order chi connectivity index (χ0) is 12.2. The monoisotopic (exact) mass is 221 g/mol. The van der Waals surface area contributed by atoms with E-state index in [1.807, 2.05) is 0 Å². The minimum absolute atomic E-state index is 0.327. The molecule has 0 bridgehead atoms. The van der Waals surface area contributed by atoms with Crippen LogP contribution in [0.15, 0.2) is 18.2 Å². The predicted octanol–water partition coefficient (Wildman–Crippen LogP) is 2.34. The van der Waals surface area contributed by atoms with Crippen LogP contribution >= 0.6 is 0 Å². The molecule has 0 heterocycles. The molecule has 0 aliphatic heterocycles. The van der Waals surface area contributed by atoms with Crippen molar-refractivity contribution >= 4 is 0 Å². The number of aliphatic hydroxyl groups is 1. The Hall–Kier alpha value is -0.860. The van der Waals surface area contributed by atoms with E-state index in [2.05, 4.69) is 39.0 Å². The Morgan fingerprint density at radius 2 is 1.75 bits per heavy atom. The summed E-state index contributed by atoms with van der Waals surface area (Å²) in [6.07, 6.45) is 2.37. The summed E-state index contributed by atoms with van der Waals surface area (Å²) in [6, 6.07) is 6.40. The van der Waals surface area contributed by atoms with E-state index in [0.717, 1.165) is 12.8 Å². The van der Waals surface area contributed by atoms with E-state index in [9.17, 15) is 5.11 Å². The molecular weight excluding hydrogens is 198 g/mol. The molecule has 3 N–H and O–H groups in total. The highest BCUT2D eigenvalue weighted by atomic mass is 16.3. The standard InChI is InChI=1S/C14H23NO/c1-4-5-14(16,10-15)9-13-7-11(2)6-12(3)8-13/h6-8,16H,4-5,9-10,15H2,1-3H3. The van der Waals surface area contributed by atoms with E-state index in [1.165, 1.54) is 16.7 Å². The Labute approximate surface area is 98.5 Å². The summed E-state index contributed by atoms with van der Waals surface area (Å²) >= 11 is 0. The van der Waals surface area contributed by atoms with Crippen molar-refractivity contribution in [1.29, 1.82) is 0 Å². The van der Waals surface area contributed by atoms with Crippen molar-refractivity contribution in [3.8, 4) is 0 Å². The molecule has 0 aromatic heterocycles. The summed E-state index contributed by atoms with van der Waals surface area (Å²) in [6.45, 7) is 6.56. The Kier molecular flexibility index (Phi) is 4.51. The molecule has 1 unspecified atom stereocenters. The number of hydrogen-bond donors (Lipinski definition) is 2. The molecular formula is C14H23NO. The lowest BCUT2D eigenvalue weighted by molar-refractivity contribution is 0.0399. The molecule has 0 aliphatic carbocycles. The highest BCUT2D eigenvalue weighted by Gasteiger charge is 2.24. The second-order valence-electron chi connectivity index (χ2n) is 4.85. The first-order valence-corrected chi connectivity index (χ1v) is 5.99. The molecule has 0 spiro atoms. The molecule has 0 saturated heterocycles. The van der Waals surface area contributed by atoms with Gasteiger partial charge in [-0.05, 0) is 25.8 Å². The largest absolute Gasteiger partial charge is 0.388 e. The van der Waals surface area contributed by atoms with Crippen LogP contribution in [-0.2, 0) is 6.42 Å². The first-order chi connectivity index (χ1) is 7.49. The van der Waals surface area contributed by atoms with Crippen molar-refractivity contribution in [3.63, 3.8) is 0 Å². The van der Waals surface area contributed by atoms with Gasteiger partial charge in [-0.25, -0.2) is 0 Å². The number of hydrogen-bond acceptors (Lipinski definition) is 2. The van der Waals surface area contributed by atoms with Crippen molar-refractivity contribution < 1.29 is 5.11 Å². The third kappa shape index (κ3) is 3.62. The molecule has 0 fully saturated rings. The van der Waals surface area contributed by atoms with E-state index in [0.29, 0.717) is 13.0 Å². The van der Waals surface area contributed by atoms with Crippen molar-refractivity contribution in [2.45, 2.75) is 45.6 Å². The third-order valence-electron chi connectivity index (χ3n) is 2.91. The van der Waals surface area contributed by atoms with Crippen LogP contribution in [0.1, 0.15) is 36.5 Å². The van der Waals surface area contributed by atoms with Gasteiger partial charge in [0, 0.05) is 13.0 Å². The van der Waals surface area contributed by atoms with Crippen LogP contribution in [0.5, 0.6) is 0 Å². The Bertz CT molecular complexity index is 328. The number of aryl methyl sites for hydroxylation is 2. The Balaban J connectivity index is 2.85. The van der Waals surface area contributed by atoms with Crippen molar-refractivity contribution in [2.24, 2.45) is 5.73 Å². The molecule has 90 valence electrons. The summed E-state index contributed by atoms with van der Waals surface area (Å²) in [7, 11) is 0. The van der Waals surface area contributed by atoms with Gasteiger partial charge in [0.15, 0.2) is 0 Å². The maximum Gasteiger partial charge on any atom is 0.0809 e. The number of rotatable bonds is 5. The Morgan fingerprint density at radius 3 is 2.19 bits per heavy atom. The van der Waals surface area contributed by atoms with Crippen molar-refractivity contribution in [2.75, 3.05) is 6.54 Å². The maximum absolute atomic E-state index is 10.3. The average molecular weight is 221 g/mol. The molecule has 0 radical (unpaired) electrons. The zero-order valence-electron chi connectivity index (χ0n) is 10.6. The number of benzene rings is 1. The van der Waals surface area contributed by atoms with E-state index in [1.54, 1.807) is 0 Å². The summed E-state index contributed by atoms with van der Waals surface area (Å²) in [5, 5.41) is 10.3. The summed E-state index contributed by atoms with van der Waals surface area (Å²) in [5.41, 5.74) is 8.59. The van der Waals surface area contributed by atoms with Gasteiger partial charge in [0.25, 0.3) is 0 Å². The van der Waals surface area contributed by atoms with Crippen LogP contribution in [0.3, 0.4) is 0 Å². The lowest BCUT2D eigenvalue weighted by Gasteiger charge is -2.26. The van der Waals surface area contributed by atoms with Gasteiger partial charge >= 0.3 is 0 Å². The highest BCUT2D eigenvalue weighted by molar-refractivity contribution is 5.29. The fraction of sp³-hybridized carbons (Fsp3) is 0.571. The summed E-state index contributed by atoms with van der Waals surface area (Å²) in [4.78, 5) is 0. The molecule has 2 heteroatoms. The molecule has 0 aliphatic rings. The van der Waals surface area contributed by atoms with Gasteiger partial charge in [-0.15, -0.1) is 0 Å². The van der Waals surface area contributed by atoms with Gasteiger partial charge in [0.1, 0.15) is 0 Å². The fourth-order valence-electron chi connectivity index (χ4n) is 2.28. The lowest BCUT2D eigenvalue weighted by Crippen LogP contribution is -2.39. The van der Waals surface area contributed by atoms with E-state index >= 15 is 0 Å². The third-order valence-corrected chi connectivity index (χ3v) is 2.91. The summed E-state index contributed by atoms with van der Waals surface area (Å²) in [5.74, 6) is 0. The number of nitrogens with two attached hydrogens (primary N) is 1. The molecule has 1 aromatic carbocycles. The molecule has 1 rings (SSSR count). The minimum Gasteiger partial charge on any atom is -0.388 e. The van der Waals surface area contributed by atoms with Crippen molar-refractivity contribution in [1.82, 2.24) is 0 Å². The quantitative estimate of drug-likeness (QED) is 0.801. The molecule has 16 heavy (non-hydrogen) atoms. The second-order valence-corrected chi connectivity index (χ2v) is 4.85. The smallest absolute Gasteiger partial charge is 0.0809 e. The van der Waals surface area contributed by atoms with Crippen LogP contribution in [-0.4, -0.2) is 17.3 Å². The van der Waals surface area contributed by atoms with E-state index in [4.69, 9.17) is 5.73 Å². The molecule has 0 amide bonds. The zero-order valence-corrected chi connectivity index (χ0v) is 10.6. The average Bonchev–Trinajstić information content (AvgIpc) is 2.16. The van der Waals surface area contributed by atoms with Gasteiger partial charge < -0.3 is 10.8 Å². The molecule has 1 atom stereocenters. The van der Waals surface area contributed by atoms with Crippen LogP contribution in [0.2, 0.25) is 0 Å². The summed E-state index contributed by atoms with van der Waals surface area (Å²) < 4.78 is 0. The van der Waals surface area contributed by atoms with Gasteiger partial charge in [0.05, 0.1) is 5.60 Å².